The standard InChI is InChI=1S/C24H25N3O2/c1-2-3-13-26-15-21(28)27-20(24(26)29)14-18-17-11-7-8-12-19(17)25-22(18)23(27)16-9-5-4-6-10-16/h4-12,20,23,25H,2-3,13-15H2,1H3/t20-,23-/m1/s1. The van der Waals surface area contributed by atoms with Crippen LogP contribution in [-0.4, -0.2) is 45.7 Å². The van der Waals surface area contributed by atoms with Gasteiger partial charge in [0.2, 0.25) is 11.8 Å². The molecule has 5 rings (SSSR count). The van der Waals surface area contributed by atoms with E-state index in [4.69, 9.17) is 0 Å². The number of hydrogen-bond donors (Lipinski definition) is 1. The van der Waals surface area contributed by atoms with E-state index in [0.29, 0.717) is 13.0 Å². The number of nitrogens with zero attached hydrogens (tertiary/aromatic N) is 2. The SMILES string of the molecule is CCCCN1CC(=O)N2[C@H](c3ccccc3)c3[nH]c4ccccc4c3C[C@@H]2C1=O. The second-order valence-corrected chi connectivity index (χ2v) is 8.01. The minimum Gasteiger partial charge on any atom is -0.356 e. The molecule has 0 radical (unpaired) electrons. The number of hydrogen-bond acceptors (Lipinski definition) is 2. The molecule has 0 saturated carbocycles. The number of carbonyl (C=O) groups is 2. The molecule has 1 fully saturated rings. The molecule has 2 aromatic carbocycles. The molecule has 5 heteroatoms. The summed E-state index contributed by atoms with van der Waals surface area (Å²) in [5, 5.41) is 1.15. The summed E-state index contributed by atoms with van der Waals surface area (Å²) in [6.45, 7) is 2.93. The first-order chi connectivity index (χ1) is 14.2. The van der Waals surface area contributed by atoms with Crippen molar-refractivity contribution in [2.24, 2.45) is 0 Å². The second-order valence-electron chi connectivity index (χ2n) is 8.01. The third kappa shape index (κ3) is 2.84. The van der Waals surface area contributed by atoms with Crippen molar-refractivity contribution in [3.05, 3.63) is 71.4 Å². The van der Waals surface area contributed by atoms with Crippen molar-refractivity contribution in [2.75, 3.05) is 13.1 Å². The number of unbranched alkanes of at least 4 members (excludes halogenated alkanes) is 1. The van der Waals surface area contributed by atoms with Crippen molar-refractivity contribution in [3.63, 3.8) is 0 Å². The van der Waals surface area contributed by atoms with Crippen molar-refractivity contribution in [2.45, 2.75) is 38.3 Å². The number of fused-ring (bicyclic) bond motifs is 4. The zero-order valence-electron chi connectivity index (χ0n) is 16.6. The van der Waals surface area contributed by atoms with E-state index < -0.39 is 6.04 Å². The van der Waals surface area contributed by atoms with Gasteiger partial charge in [0.05, 0.1) is 12.6 Å². The van der Waals surface area contributed by atoms with Gasteiger partial charge in [-0.2, -0.15) is 0 Å². The van der Waals surface area contributed by atoms with Gasteiger partial charge < -0.3 is 14.8 Å². The van der Waals surface area contributed by atoms with Gasteiger partial charge in [0.1, 0.15) is 6.04 Å². The summed E-state index contributed by atoms with van der Waals surface area (Å²) >= 11 is 0. The number of benzene rings is 2. The summed E-state index contributed by atoms with van der Waals surface area (Å²) in [6, 6.07) is 17.6. The van der Waals surface area contributed by atoms with Gasteiger partial charge in [0.25, 0.3) is 0 Å². The molecule has 2 atom stereocenters. The van der Waals surface area contributed by atoms with Crippen molar-refractivity contribution >= 4 is 22.7 Å². The van der Waals surface area contributed by atoms with E-state index in [1.165, 1.54) is 0 Å². The van der Waals surface area contributed by atoms with Crippen LogP contribution in [-0.2, 0) is 16.0 Å². The van der Waals surface area contributed by atoms with E-state index in [1.807, 2.05) is 47.4 Å². The van der Waals surface area contributed by atoms with E-state index in [9.17, 15) is 9.59 Å². The molecule has 3 aromatic rings. The van der Waals surface area contributed by atoms with E-state index in [1.54, 1.807) is 4.90 Å². The van der Waals surface area contributed by atoms with Crippen LogP contribution >= 0.6 is 0 Å². The van der Waals surface area contributed by atoms with Crippen LogP contribution in [0.15, 0.2) is 54.6 Å². The molecule has 0 aliphatic carbocycles. The normalized spacial score (nSPS) is 21.4. The number of aromatic amines is 1. The van der Waals surface area contributed by atoms with Gasteiger partial charge in [-0.25, -0.2) is 0 Å². The Bertz CT molecular complexity index is 1070. The maximum Gasteiger partial charge on any atom is 0.246 e. The highest BCUT2D eigenvalue weighted by atomic mass is 16.2. The minimum atomic E-state index is -0.440. The fraction of sp³-hybridized carbons (Fsp3) is 0.333. The molecule has 5 nitrogen and oxygen atoms in total. The van der Waals surface area contributed by atoms with Gasteiger partial charge in [-0.05, 0) is 23.6 Å². The molecule has 3 heterocycles. The quantitative estimate of drug-likeness (QED) is 0.743. The monoisotopic (exact) mass is 387 g/mol. The van der Waals surface area contributed by atoms with Crippen molar-refractivity contribution in [1.82, 2.24) is 14.8 Å². The highest BCUT2D eigenvalue weighted by Crippen LogP contribution is 2.42. The highest BCUT2D eigenvalue weighted by molar-refractivity contribution is 5.97. The summed E-state index contributed by atoms with van der Waals surface area (Å²) in [5.41, 5.74) is 4.29. The van der Waals surface area contributed by atoms with Crippen LogP contribution in [0.1, 0.15) is 42.6 Å². The lowest BCUT2D eigenvalue weighted by molar-refractivity contribution is -0.158. The fourth-order valence-electron chi connectivity index (χ4n) is 4.84. The molecule has 29 heavy (non-hydrogen) atoms. The maximum atomic E-state index is 13.4. The predicted molar refractivity (Wildman–Crippen MR) is 112 cm³/mol. The second kappa shape index (κ2) is 7.07. The Kier molecular flexibility index (Phi) is 4.38. The fourth-order valence-corrected chi connectivity index (χ4v) is 4.84. The molecule has 1 aromatic heterocycles. The number of H-pyrrole nitrogens is 1. The van der Waals surface area contributed by atoms with Crippen LogP contribution in [0.4, 0.5) is 0 Å². The van der Waals surface area contributed by atoms with Crippen molar-refractivity contribution in [3.8, 4) is 0 Å². The average molecular weight is 387 g/mol. The van der Waals surface area contributed by atoms with E-state index in [2.05, 4.69) is 24.0 Å². The summed E-state index contributed by atoms with van der Waals surface area (Å²) in [4.78, 5) is 33.8. The van der Waals surface area contributed by atoms with Crippen LogP contribution in [0.5, 0.6) is 0 Å². The van der Waals surface area contributed by atoms with Crippen LogP contribution in [0.3, 0.4) is 0 Å². The number of para-hydroxylation sites is 1. The van der Waals surface area contributed by atoms with Crippen LogP contribution in [0.2, 0.25) is 0 Å². The Morgan fingerprint density at radius 1 is 1.03 bits per heavy atom. The first-order valence-electron chi connectivity index (χ1n) is 10.4. The number of nitrogens with one attached hydrogen (secondary N) is 1. The van der Waals surface area contributed by atoms with E-state index in [-0.39, 0.29) is 24.4 Å². The van der Waals surface area contributed by atoms with Crippen molar-refractivity contribution in [1.29, 1.82) is 0 Å². The topological polar surface area (TPSA) is 56.4 Å². The molecule has 1 saturated heterocycles. The lowest BCUT2D eigenvalue weighted by Gasteiger charge is -2.47. The number of rotatable bonds is 4. The Morgan fingerprint density at radius 3 is 2.59 bits per heavy atom. The van der Waals surface area contributed by atoms with Gasteiger partial charge in [0.15, 0.2) is 0 Å². The number of amides is 2. The van der Waals surface area contributed by atoms with Crippen molar-refractivity contribution < 1.29 is 9.59 Å². The molecule has 2 aliphatic heterocycles. The molecule has 2 amide bonds. The van der Waals surface area contributed by atoms with Gasteiger partial charge >= 0.3 is 0 Å². The third-order valence-corrected chi connectivity index (χ3v) is 6.24. The van der Waals surface area contributed by atoms with Gasteiger partial charge in [0, 0.05) is 29.6 Å². The Labute approximate surface area is 170 Å². The lowest BCUT2D eigenvalue weighted by atomic mass is 9.86. The maximum absolute atomic E-state index is 13.4. The zero-order chi connectivity index (χ0) is 20.0. The predicted octanol–water partition coefficient (Wildman–Crippen LogP) is 3.65. The number of aromatic nitrogens is 1. The molecule has 0 bridgehead atoms. The van der Waals surface area contributed by atoms with E-state index >= 15 is 0 Å². The number of carbonyl (C=O) groups excluding carboxylic acids is 2. The summed E-state index contributed by atoms with van der Waals surface area (Å²) < 4.78 is 0. The zero-order valence-corrected chi connectivity index (χ0v) is 16.6. The van der Waals surface area contributed by atoms with Gasteiger partial charge in [-0.3, -0.25) is 9.59 Å². The number of piperazine rings is 1. The minimum absolute atomic E-state index is 0.0314. The largest absolute Gasteiger partial charge is 0.356 e. The van der Waals surface area contributed by atoms with Crippen LogP contribution < -0.4 is 0 Å². The Balaban J connectivity index is 1.66. The van der Waals surface area contributed by atoms with Crippen LogP contribution in [0.25, 0.3) is 10.9 Å². The molecule has 0 spiro atoms. The summed E-state index contributed by atoms with van der Waals surface area (Å²) in [5.74, 6) is 0.110. The highest BCUT2D eigenvalue weighted by Gasteiger charge is 2.47. The Hall–Kier alpha value is -3.08. The Morgan fingerprint density at radius 2 is 1.79 bits per heavy atom. The molecular weight excluding hydrogens is 362 g/mol. The molecule has 0 unspecified atom stereocenters. The molecule has 148 valence electrons. The molecule has 2 aliphatic rings. The van der Waals surface area contributed by atoms with Gasteiger partial charge in [-0.15, -0.1) is 0 Å². The smallest absolute Gasteiger partial charge is 0.246 e. The van der Waals surface area contributed by atoms with E-state index in [0.717, 1.165) is 40.6 Å². The average Bonchev–Trinajstić information content (AvgIpc) is 3.13. The third-order valence-electron chi connectivity index (χ3n) is 6.24. The molecule has 1 N–H and O–H groups in total. The first-order valence-corrected chi connectivity index (χ1v) is 10.4. The molecular formula is C24H25N3O2. The summed E-state index contributed by atoms with van der Waals surface area (Å²) in [6.07, 6.45) is 2.49. The lowest BCUT2D eigenvalue weighted by Crippen LogP contribution is -2.63. The van der Waals surface area contributed by atoms with Crippen LogP contribution in [0, 0.1) is 0 Å². The summed E-state index contributed by atoms with van der Waals surface area (Å²) in [7, 11) is 0. The first kappa shape index (κ1) is 18.0. The van der Waals surface area contributed by atoms with Gasteiger partial charge in [-0.1, -0.05) is 61.9 Å².